The number of furan rings is 1. The molecule has 2 rings (SSSR count). The maximum Gasteiger partial charge on any atom is 0.343 e. The van der Waals surface area contributed by atoms with Gasteiger partial charge >= 0.3 is 5.97 Å². The summed E-state index contributed by atoms with van der Waals surface area (Å²) >= 11 is 0. The molecule has 0 aliphatic carbocycles. The van der Waals surface area contributed by atoms with Gasteiger partial charge in [0.05, 0.1) is 23.7 Å². The third-order valence-electron chi connectivity index (χ3n) is 5.70. The topological polar surface area (TPSA) is 79.9 Å². The Labute approximate surface area is 180 Å². The Bertz CT molecular complexity index is 780. The first kappa shape index (κ1) is 24.0. The number of hydrogen-bond donors (Lipinski definition) is 2. The summed E-state index contributed by atoms with van der Waals surface area (Å²) in [6.07, 6.45) is 14.8. The summed E-state index contributed by atoms with van der Waals surface area (Å²) in [7, 11) is 0. The van der Waals surface area contributed by atoms with Gasteiger partial charge in [-0.3, -0.25) is 0 Å². The van der Waals surface area contributed by atoms with Crippen molar-refractivity contribution < 1.29 is 24.2 Å². The van der Waals surface area contributed by atoms with Crippen LogP contribution in [0.25, 0.3) is 0 Å². The van der Waals surface area contributed by atoms with Gasteiger partial charge in [0.2, 0.25) is 0 Å². The van der Waals surface area contributed by atoms with Crippen LogP contribution in [0, 0.1) is 5.92 Å². The van der Waals surface area contributed by atoms with E-state index in [-0.39, 0.29) is 23.0 Å². The first-order valence-electron chi connectivity index (χ1n) is 10.9. The van der Waals surface area contributed by atoms with Gasteiger partial charge in [-0.15, -0.1) is 0 Å². The Balaban J connectivity index is 1.64. The lowest BCUT2D eigenvalue weighted by Crippen LogP contribution is -2.23. The fourth-order valence-corrected chi connectivity index (χ4v) is 3.63. The van der Waals surface area contributed by atoms with E-state index >= 15 is 0 Å². The summed E-state index contributed by atoms with van der Waals surface area (Å²) < 4.78 is 10.2. The zero-order valence-electron chi connectivity index (χ0n) is 18.7. The molecule has 0 aromatic carbocycles. The number of aliphatic hydroxyl groups is 2. The highest BCUT2D eigenvalue weighted by atomic mass is 16.6. The van der Waals surface area contributed by atoms with Crippen molar-refractivity contribution in [2.45, 2.75) is 84.7 Å². The highest BCUT2D eigenvalue weighted by Crippen LogP contribution is 2.26. The smallest absolute Gasteiger partial charge is 0.343 e. The number of esters is 1. The van der Waals surface area contributed by atoms with E-state index in [0.717, 1.165) is 51.4 Å². The van der Waals surface area contributed by atoms with Crippen LogP contribution in [-0.4, -0.2) is 21.8 Å². The van der Waals surface area contributed by atoms with E-state index in [1.54, 1.807) is 19.5 Å². The van der Waals surface area contributed by atoms with E-state index in [9.17, 15) is 15.0 Å². The molecule has 1 aromatic rings. The fourth-order valence-electron chi connectivity index (χ4n) is 3.63. The first-order chi connectivity index (χ1) is 14.2. The van der Waals surface area contributed by atoms with Gasteiger partial charge in [-0.2, -0.15) is 0 Å². The van der Waals surface area contributed by atoms with Crippen LogP contribution in [0.1, 0.15) is 78.2 Å². The fraction of sp³-hybridized carbons (Fsp3) is 0.560. The molecule has 1 aromatic heterocycles. The van der Waals surface area contributed by atoms with Gasteiger partial charge in [0, 0.05) is 0 Å². The van der Waals surface area contributed by atoms with Crippen LogP contribution >= 0.6 is 0 Å². The predicted octanol–water partition coefficient (Wildman–Crippen LogP) is 6.16. The van der Waals surface area contributed by atoms with E-state index in [1.807, 2.05) is 19.1 Å². The minimum absolute atomic E-state index is 0.0419. The molecule has 5 nitrogen and oxygen atoms in total. The summed E-state index contributed by atoms with van der Waals surface area (Å²) in [5, 5.41) is 20.5. The molecule has 1 aliphatic rings. The monoisotopic (exact) mass is 416 g/mol. The van der Waals surface area contributed by atoms with E-state index in [1.165, 1.54) is 11.1 Å². The SMILES string of the molecule is CC(=CCC[C@@](C)(O)CCCc1ccoc1)CCC[C@@H](C)C=C1OC(=O)C(C)=C1O. The van der Waals surface area contributed by atoms with Crippen LogP contribution in [0.15, 0.2) is 57.8 Å². The van der Waals surface area contributed by atoms with Crippen molar-refractivity contribution in [1.29, 1.82) is 0 Å². The predicted molar refractivity (Wildman–Crippen MR) is 118 cm³/mol. The van der Waals surface area contributed by atoms with Gasteiger partial charge in [-0.05, 0) is 95.8 Å². The number of aryl methyl sites for hydroxylation is 1. The summed E-state index contributed by atoms with van der Waals surface area (Å²) in [6.45, 7) is 7.67. The molecule has 5 heteroatoms. The highest BCUT2D eigenvalue weighted by molar-refractivity contribution is 5.93. The molecule has 0 amide bonds. The number of aliphatic hydroxyl groups excluding tert-OH is 1. The zero-order valence-corrected chi connectivity index (χ0v) is 18.7. The Morgan fingerprint density at radius 2 is 2.07 bits per heavy atom. The number of carbonyl (C=O) groups is 1. The van der Waals surface area contributed by atoms with E-state index in [2.05, 4.69) is 19.9 Å². The van der Waals surface area contributed by atoms with E-state index < -0.39 is 11.6 Å². The highest BCUT2D eigenvalue weighted by Gasteiger charge is 2.26. The largest absolute Gasteiger partial charge is 0.504 e. The summed E-state index contributed by atoms with van der Waals surface area (Å²) in [5.41, 5.74) is 2.13. The van der Waals surface area contributed by atoms with Gasteiger partial charge in [-0.1, -0.05) is 18.6 Å². The van der Waals surface area contributed by atoms with Crippen molar-refractivity contribution >= 4 is 5.97 Å². The van der Waals surface area contributed by atoms with Gasteiger partial charge < -0.3 is 19.4 Å². The molecule has 0 saturated carbocycles. The lowest BCUT2D eigenvalue weighted by molar-refractivity contribution is -0.133. The minimum atomic E-state index is -0.645. The average Bonchev–Trinajstić information content (AvgIpc) is 3.26. The van der Waals surface area contributed by atoms with Crippen LogP contribution in [0.5, 0.6) is 0 Å². The van der Waals surface area contributed by atoms with Crippen LogP contribution in [-0.2, 0) is 16.0 Å². The average molecular weight is 417 g/mol. The molecule has 30 heavy (non-hydrogen) atoms. The van der Waals surface area contributed by atoms with Gasteiger partial charge in [0.25, 0.3) is 0 Å². The number of hydrogen-bond acceptors (Lipinski definition) is 5. The number of ether oxygens (including phenoxy) is 1. The normalized spacial score (nSPS) is 19.3. The molecule has 0 spiro atoms. The molecule has 0 fully saturated rings. The molecule has 0 radical (unpaired) electrons. The van der Waals surface area contributed by atoms with Crippen molar-refractivity contribution in [3.63, 3.8) is 0 Å². The number of cyclic esters (lactones) is 1. The molecule has 0 saturated heterocycles. The number of carbonyl (C=O) groups excluding carboxylic acids is 1. The van der Waals surface area contributed by atoms with Gasteiger partial charge in [-0.25, -0.2) is 4.79 Å². The Morgan fingerprint density at radius 1 is 1.30 bits per heavy atom. The van der Waals surface area contributed by atoms with Crippen molar-refractivity contribution in [1.82, 2.24) is 0 Å². The molecule has 2 N–H and O–H groups in total. The molecule has 1 aliphatic heterocycles. The molecule has 2 atom stereocenters. The van der Waals surface area contributed by atoms with Crippen LogP contribution in [0.2, 0.25) is 0 Å². The third kappa shape index (κ3) is 7.86. The second kappa shape index (κ2) is 11.2. The minimum Gasteiger partial charge on any atom is -0.504 e. The summed E-state index contributed by atoms with van der Waals surface area (Å²) in [4.78, 5) is 11.5. The summed E-state index contributed by atoms with van der Waals surface area (Å²) in [6, 6.07) is 1.97. The third-order valence-corrected chi connectivity index (χ3v) is 5.70. The molecule has 0 unspecified atom stereocenters. The molecule has 0 bridgehead atoms. The maximum atomic E-state index is 11.5. The van der Waals surface area contributed by atoms with Crippen LogP contribution in [0.4, 0.5) is 0 Å². The summed E-state index contributed by atoms with van der Waals surface area (Å²) in [5.74, 6) is -0.0151. The molecule has 166 valence electrons. The van der Waals surface area contributed by atoms with E-state index in [4.69, 9.17) is 9.15 Å². The standard InChI is InChI=1S/C25H36O5/c1-18(8-5-9-19(2)16-22-23(26)20(3)24(27)30-22)10-6-13-25(4,28)14-7-11-21-12-15-29-17-21/h10,12,15-17,19,26,28H,5-9,11,13-14H2,1-4H3/t19-,25-/m1/s1. The Morgan fingerprint density at radius 3 is 2.70 bits per heavy atom. The van der Waals surface area contributed by atoms with Gasteiger partial charge in [0.1, 0.15) is 0 Å². The molecular weight excluding hydrogens is 380 g/mol. The molecule has 2 heterocycles. The number of rotatable bonds is 12. The second-order valence-electron chi connectivity index (χ2n) is 8.83. The first-order valence-corrected chi connectivity index (χ1v) is 10.9. The van der Waals surface area contributed by atoms with Crippen LogP contribution < -0.4 is 0 Å². The quantitative estimate of drug-likeness (QED) is 0.315. The van der Waals surface area contributed by atoms with Crippen LogP contribution in [0.3, 0.4) is 0 Å². The van der Waals surface area contributed by atoms with E-state index in [0.29, 0.717) is 0 Å². The lowest BCUT2D eigenvalue weighted by atomic mass is 9.92. The van der Waals surface area contributed by atoms with Crippen molar-refractivity contribution in [3.05, 3.63) is 59.0 Å². The van der Waals surface area contributed by atoms with Crippen molar-refractivity contribution in [2.75, 3.05) is 0 Å². The Kier molecular flexibility index (Phi) is 8.97. The van der Waals surface area contributed by atoms with Crippen molar-refractivity contribution in [2.24, 2.45) is 5.92 Å². The molecular formula is C25H36O5. The Hall–Kier alpha value is -2.27. The van der Waals surface area contributed by atoms with Crippen molar-refractivity contribution in [3.8, 4) is 0 Å². The maximum absolute atomic E-state index is 11.5. The second-order valence-corrected chi connectivity index (χ2v) is 8.83. The van der Waals surface area contributed by atoms with Gasteiger partial charge in [0.15, 0.2) is 11.5 Å². The zero-order chi connectivity index (χ0) is 22.1. The lowest BCUT2D eigenvalue weighted by Gasteiger charge is -2.22. The number of allylic oxidation sites excluding steroid dienone is 3.